The first-order valence-corrected chi connectivity index (χ1v) is 10.5. The monoisotopic (exact) mass is 391 g/mol. The Kier molecular flexibility index (Phi) is 5.86. The molecule has 1 aromatic carbocycles. The maximum atomic E-state index is 12.8. The normalized spacial score (nSPS) is 15.9. The first-order valence-electron chi connectivity index (χ1n) is 9.02. The molecule has 3 rings (SSSR count). The lowest BCUT2D eigenvalue weighted by Gasteiger charge is -2.34. The van der Waals surface area contributed by atoms with Crippen LogP contribution in [0.2, 0.25) is 0 Å². The molecular formula is C19H25N3O4S. The summed E-state index contributed by atoms with van der Waals surface area (Å²) in [7, 11) is -3.54. The van der Waals surface area contributed by atoms with Crippen LogP contribution in [0.25, 0.3) is 0 Å². The number of urea groups is 1. The van der Waals surface area contributed by atoms with Gasteiger partial charge in [0.05, 0.1) is 17.4 Å². The van der Waals surface area contributed by atoms with E-state index in [0.29, 0.717) is 30.4 Å². The highest BCUT2D eigenvalue weighted by Crippen LogP contribution is 2.21. The quantitative estimate of drug-likeness (QED) is 0.849. The maximum Gasteiger partial charge on any atom is 0.317 e. The third-order valence-corrected chi connectivity index (χ3v) is 6.65. The van der Waals surface area contributed by atoms with Gasteiger partial charge >= 0.3 is 6.03 Å². The molecule has 2 heterocycles. The fraction of sp³-hybridized carbons (Fsp3) is 0.421. The van der Waals surface area contributed by atoms with Crippen LogP contribution in [-0.4, -0.2) is 49.8 Å². The summed E-state index contributed by atoms with van der Waals surface area (Å²) < 4.78 is 32.1. The molecule has 1 N–H and O–H groups in total. The van der Waals surface area contributed by atoms with Crippen LogP contribution in [0, 0.1) is 0 Å². The van der Waals surface area contributed by atoms with E-state index in [9.17, 15) is 13.2 Å². The van der Waals surface area contributed by atoms with Gasteiger partial charge in [-0.15, -0.1) is 0 Å². The van der Waals surface area contributed by atoms with Crippen LogP contribution in [0.4, 0.5) is 4.79 Å². The Hall–Kier alpha value is -2.32. The third-order valence-electron chi connectivity index (χ3n) is 4.73. The molecule has 27 heavy (non-hydrogen) atoms. The van der Waals surface area contributed by atoms with Gasteiger partial charge in [0.15, 0.2) is 0 Å². The van der Waals surface area contributed by atoms with E-state index in [2.05, 4.69) is 19.2 Å². The highest BCUT2D eigenvalue weighted by atomic mass is 32.2. The van der Waals surface area contributed by atoms with Gasteiger partial charge in [0.25, 0.3) is 0 Å². The summed E-state index contributed by atoms with van der Waals surface area (Å²) >= 11 is 0. The lowest BCUT2D eigenvalue weighted by atomic mass is 10.0. The zero-order chi connectivity index (χ0) is 19.4. The number of nitrogens with zero attached hydrogens (tertiary/aromatic N) is 2. The average molecular weight is 391 g/mol. The minimum atomic E-state index is -3.54. The molecule has 1 aliphatic heterocycles. The van der Waals surface area contributed by atoms with E-state index in [-0.39, 0.29) is 19.1 Å². The zero-order valence-electron chi connectivity index (χ0n) is 15.6. The minimum absolute atomic E-state index is 0.200. The van der Waals surface area contributed by atoms with Crippen LogP contribution >= 0.6 is 0 Å². The van der Waals surface area contributed by atoms with Crippen molar-refractivity contribution in [3.8, 4) is 0 Å². The van der Waals surface area contributed by atoms with E-state index in [4.69, 9.17) is 4.42 Å². The van der Waals surface area contributed by atoms with Crippen molar-refractivity contribution in [2.24, 2.45) is 0 Å². The summed E-state index contributed by atoms with van der Waals surface area (Å²) in [6.45, 7) is 5.82. The predicted octanol–water partition coefficient (Wildman–Crippen LogP) is 2.62. The number of amides is 2. The summed E-state index contributed by atoms with van der Waals surface area (Å²) in [5.74, 6) is 0.353. The molecule has 1 aromatic heterocycles. The van der Waals surface area contributed by atoms with Gasteiger partial charge in [0, 0.05) is 38.3 Å². The molecule has 0 spiro atoms. The Morgan fingerprint density at radius 1 is 1.11 bits per heavy atom. The lowest BCUT2D eigenvalue weighted by Crippen LogP contribution is -2.52. The SMILES string of the molecule is CC(C)c1ccc(S(=O)(=O)N2CCN(C(=O)NCc3ccoc3)CC2)cc1. The molecule has 1 fully saturated rings. The molecule has 1 saturated heterocycles. The van der Waals surface area contributed by atoms with Crippen LogP contribution in [0.5, 0.6) is 0 Å². The molecule has 0 radical (unpaired) electrons. The number of piperazine rings is 1. The molecule has 1 aliphatic rings. The number of benzene rings is 1. The maximum absolute atomic E-state index is 12.8. The van der Waals surface area contributed by atoms with Crippen LogP contribution < -0.4 is 5.32 Å². The molecule has 2 amide bonds. The number of sulfonamides is 1. The Balaban J connectivity index is 1.56. The largest absolute Gasteiger partial charge is 0.472 e. The molecular weight excluding hydrogens is 366 g/mol. The van der Waals surface area contributed by atoms with Crippen molar-refractivity contribution in [2.75, 3.05) is 26.2 Å². The van der Waals surface area contributed by atoms with Crippen molar-refractivity contribution in [3.63, 3.8) is 0 Å². The number of nitrogens with one attached hydrogen (secondary N) is 1. The van der Waals surface area contributed by atoms with Gasteiger partial charge < -0.3 is 14.6 Å². The van der Waals surface area contributed by atoms with Gasteiger partial charge in [0.2, 0.25) is 10.0 Å². The van der Waals surface area contributed by atoms with Gasteiger partial charge in [-0.3, -0.25) is 0 Å². The Bertz CT molecular complexity index is 853. The van der Waals surface area contributed by atoms with E-state index in [1.54, 1.807) is 35.6 Å². The summed E-state index contributed by atoms with van der Waals surface area (Å²) in [5, 5.41) is 2.82. The number of furan rings is 1. The van der Waals surface area contributed by atoms with Crippen molar-refractivity contribution >= 4 is 16.1 Å². The first kappa shape index (κ1) is 19.4. The summed E-state index contributed by atoms with van der Waals surface area (Å²) in [5.41, 5.74) is 1.99. The Labute approximate surface area is 160 Å². The smallest absolute Gasteiger partial charge is 0.317 e. The fourth-order valence-corrected chi connectivity index (χ4v) is 4.41. The Morgan fingerprint density at radius 3 is 2.33 bits per heavy atom. The predicted molar refractivity (Wildman–Crippen MR) is 102 cm³/mol. The fourth-order valence-electron chi connectivity index (χ4n) is 2.99. The molecule has 2 aromatic rings. The summed E-state index contributed by atoms with van der Waals surface area (Å²) in [6.07, 6.45) is 3.13. The number of carbonyl (C=O) groups is 1. The van der Waals surface area contributed by atoms with Crippen molar-refractivity contribution in [3.05, 3.63) is 54.0 Å². The topological polar surface area (TPSA) is 82.9 Å². The molecule has 0 bridgehead atoms. The van der Waals surface area contributed by atoms with Crippen molar-refractivity contribution in [1.29, 1.82) is 0 Å². The van der Waals surface area contributed by atoms with Gasteiger partial charge in [-0.05, 0) is 29.7 Å². The second kappa shape index (κ2) is 8.14. The van der Waals surface area contributed by atoms with Gasteiger partial charge in [-0.25, -0.2) is 13.2 Å². The van der Waals surface area contributed by atoms with E-state index in [1.165, 1.54) is 4.31 Å². The van der Waals surface area contributed by atoms with Crippen molar-refractivity contribution in [1.82, 2.24) is 14.5 Å². The van der Waals surface area contributed by atoms with E-state index in [0.717, 1.165) is 11.1 Å². The highest BCUT2D eigenvalue weighted by Gasteiger charge is 2.30. The summed E-state index contributed by atoms with van der Waals surface area (Å²) in [6, 6.07) is 8.63. The summed E-state index contributed by atoms with van der Waals surface area (Å²) in [4.78, 5) is 14.2. The standard InChI is InChI=1S/C19H25N3O4S/c1-15(2)17-3-5-18(6-4-17)27(24,25)22-10-8-21(9-11-22)19(23)20-13-16-7-12-26-14-16/h3-7,12,14-15H,8-11,13H2,1-2H3,(H,20,23). The average Bonchev–Trinajstić information content (AvgIpc) is 3.20. The lowest BCUT2D eigenvalue weighted by molar-refractivity contribution is 0.172. The van der Waals surface area contributed by atoms with E-state index < -0.39 is 10.0 Å². The molecule has 0 atom stereocenters. The number of hydrogen-bond acceptors (Lipinski definition) is 4. The minimum Gasteiger partial charge on any atom is -0.472 e. The van der Waals surface area contributed by atoms with Gasteiger partial charge in [-0.1, -0.05) is 26.0 Å². The molecule has 0 aliphatic carbocycles. The van der Waals surface area contributed by atoms with E-state index >= 15 is 0 Å². The van der Waals surface area contributed by atoms with Crippen LogP contribution in [0.3, 0.4) is 0 Å². The first-order chi connectivity index (χ1) is 12.9. The zero-order valence-corrected chi connectivity index (χ0v) is 16.4. The molecule has 0 unspecified atom stereocenters. The number of hydrogen-bond donors (Lipinski definition) is 1. The molecule has 8 heteroatoms. The van der Waals surface area contributed by atoms with Gasteiger partial charge in [-0.2, -0.15) is 4.31 Å². The van der Waals surface area contributed by atoms with Crippen LogP contribution in [0.1, 0.15) is 30.9 Å². The third kappa shape index (κ3) is 4.51. The molecule has 7 nitrogen and oxygen atoms in total. The van der Waals surface area contributed by atoms with Gasteiger partial charge in [0.1, 0.15) is 0 Å². The molecule has 0 saturated carbocycles. The second-order valence-electron chi connectivity index (χ2n) is 6.91. The Morgan fingerprint density at radius 2 is 1.78 bits per heavy atom. The number of carbonyl (C=O) groups excluding carboxylic acids is 1. The second-order valence-corrected chi connectivity index (χ2v) is 8.84. The number of rotatable bonds is 5. The van der Waals surface area contributed by atoms with Crippen molar-refractivity contribution in [2.45, 2.75) is 31.2 Å². The van der Waals surface area contributed by atoms with Crippen molar-refractivity contribution < 1.29 is 17.6 Å². The van der Waals surface area contributed by atoms with E-state index in [1.807, 2.05) is 12.1 Å². The molecule has 146 valence electrons. The van der Waals surface area contributed by atoms with Crippen LogP contribution in [0.15, 0.2) is 52.2 Å². The highest BCUT2D eigenvalue weighted by molar-refractivity contribution is 7.89. The van der Waals surface area contributed by atoms with Crippen LogP contribution in [-0.2, 0) is 16.6 Å².